The number of pyridine rings is 1. The van der Waals surface area contributed by atoms with Crippen LogP contribution < -0.4 is 5.32 Å². The Hall–Kier alpha value is -2.15. The Morgan fingerprint density at radius 2 is 2.32 bits per heavy atom. The first-order chi connectivity index (χ1) is 9.22. The minimum absolute atomic E-state index is 0.0249. The summed E-state index contributed by atoms with van der Waals surface area (Å²) in [7, 11) is 0. The summed E-state index contributed by atoms with van der Waals surface area (Å²) >= 11 is 0. The molecule has 2 heterocycles. The number of aryl methyl sites for hydroxylation is 2. The van der Waals surface area contributed by atoms with Gasteiger partial charge in [0.25, 0.3) is 0 Å². The van der Waals surface area contributed by atoms with Crippen LogP contribution in [0.3, 0.4) is 0 Å². The zero-order valence-electron chi connectivity index (χ0n) is 10.3. The van der Waals surface area contributed by atoms with Gasteiger partial charge in [-0.1, -0.05) is 6.07 Å². The summed E-state index contributed by atoms with van der Waals surface area (Å²) in [5.74, 6) is 0.222. The van der Waals surface area contributed by atoms with E-state index in [0.29, 0.717) is 5.52 Å². The zero-order valence-corrected chi connectivity index (χ0v) is 10.3. The van der Waals surface area contributed by atoms with E-state index in [9.17, 15) is 10.1 Å². The Morgan fingerprint density at radius 1 is 1.47 bits per heavy atom. The van der Waals surface area contributed by atoms with Gasteiger partial charge in [0, 0.05) is 12.2 Å². The number of aliphatic hydroxyl groups excluding tert-OH is 1. The molecule has 0 amide bonds. The summed E-state index contributed by atoms with van der Waals surface area (Å²) in [6, 6.07) is 3.70. The van der Waals surface area contributed by atoms with Crippen molar-refractivity contribution in [3.8, 4) is 0 Å². The number of hydrogen-bond acceptors (Lipinski definition) is 5. The summed E-state index contributed by atoms with van der Waals surface area (Å²) in [6.45, 7) is 0.149. The molecule has 3 rings (SSSR count). The van der Waals surface area contributed by atoms with Crippen LogP contribution in [0.25, 0.3) is 5.52 Å². The normalized spacial score (nSPS) is 13.7. The lowest BCUT2D eigenvalue weighted by molar-refractivity contribution is -0.382. The number of anilines is 1. The smallest absolute Gasteiger partial charge is 0.338 e. The molecule has 0 atom stereocenters. The Kier molecular flexibility index (Phi) is 2.83. The molecule has 0 aromatic carbocycles. The van der Waals surface area contributed by atoms with Gasteiger partial charge in [-0.3, -0.25) is 10.1 Å². The summed E-state index contributed by atoms with van der Waals surface area (Å²) in [5.41, 5.74) is 2.74. The lowest BCUT2D eigenvalue weighted by atomic mass is 10.2. The van der Waals surface area contributed by atoms with Crippen LogP contribution >= 0.6 is 0 Å². The summed E-state index contributed by atoms with van der Waals surface area (Å²) < 4.78 is 1.67. The number of rotatable bonds is 4. The van der Waals surface area contributed by atoms with Crippen molar-refractivity contribution < 1.29 is 10.0 Å². The van der Waals surface area contributed by atoms with Crippen molar-refractivity contribution in [1.29, 1.82) is 0 Å². The fraction of sp³-hybridized carbons (Fsp3) is 0.417. The van der Waals surface area contributed by atoms with E-state index in [1.54, 1.807) is 10.6 Å². The maximum absolute atomic E-state index is 11.2. The Balaban J connectivity index is 2.20. The van der Waals surface area contributed by atoms with Crippen LogP contribution in [0.5, 0.6) is 0 Å². The van der Waals surface area contributed by atoms with Crippen molar-refractivity contribution in [3.63, 3.8) is 0 Å². The number of hydrogen-bond donors (Lipinski definition) is 2. The molecule has 100 valence electrons. The predicted octanol–water partition coefficient (Wildman–Crippen LogP) is 1.14. The molecule has 0 fully saturated rings. The topological polar surface area (TPSA) is 92.7 Å². The summed E-state index contributed by atoms with van der Waals surface area (Å²) in [6.07, 6.45) is 2.95. The highest BCUT2D eigenvalue weighted by Crippen LogP contribution is 2.32. The van der Waals surface area contributed by atoms with Crippen molar-refractivity contribution in [2.45, 2.75) is 19.3 Å². The highest BCUT2D eigenvalue weighted by atomic mass is 16.6. The second kappa shape index (κ2) is 4.51. The van der Waals surface area contributed by atoms with Gasteiger partial charge < -0.3 is 10.4 Å². The predicted molar refractivity (Wildman–Crippen MR) is 69.4 cm³/mol. The molecule has 0 bridgehead atoms. The third-order valence-corrected chi connectivity index (χ3v) is 3.41. The van der Waals surface area contributed by atoms with Crippen LogP contribution in [0.2, 0.25) is 0 Å². The maximum Gasteiger partial charge on any atom is 0.338 e. The molecule has 1 aliphatic rings. The summed E-state index contributed by atoms with van der Waals surface area (Å²) in [4.78, 5) is 10.8. The number of nitrogens with zero attached hydrogens (tertiary/aromatic N) is 3. The lowest BCUT2D eigenvalue weighted by Gasteiger charge is -2.01. The van der Waals surface area contributed by atoms with Gasteiger partial charge in [-0.05, 0) is 30.9 Å². The van der Waals surface area contributed by atoms with Gasteiger partial charge in [-0.15, -0.1) is 5.10 Å². The van der Waals surface area contributed by atoms with Gasteiger partial charge in [-0.25, -0.2) is 4.52 Å². The minimum atomic E-state index is -0.427. The first kappa shape index (κ1) is 11.9. The van der Waals surface area contributed by atoms with Crippen LogP contribution in [0, 0.1) is 10.1 Å². The van der Waals surface area contributed by atoms with E-state index in [-0.39, 0.29) is 24.7 Å². The first-order valence-corrected chi connectivity index (χ1v) is 6.25. The first-order valence-electron chi connectivity index (χ1n) is 6.25. The van der Waals surface area contributed by atoms with Crippen molar-refractivity contribution in [1.82, 2.24) is 9.61 Å². The fourth-order valence-corrected chi connectivity index (χ4v) is 2.60. The Labute approximate surface area is 109 Å². The van der Waals surface area contributed by atoms with Crippen molar-refractivity contribution in [3.05, 3.63) is 33.5 Å². The van der Waals surface area contributed by atoms with Gasteiger partial charge in [0.15, 0.2) is 0 Å². The standard InChI is InChI=1S/C12H14N4O3/c17-7-6-13-12-11(16(18)19)10-5-4-8-2-1-3-9(8)15(10)14-12/h4-5,17H,1-3,6-7H2,(H,13,14). The molecule has 0 radical (unpaired) electrons. The van der Waals surface area contributed by atoms with Crippen LogP contribution in [0.1, 0.15) is 17.7 Å². The van der Waals surface area contributed by atoms with Gasteiger partial charge in [0.05, 0.1) is 11.5 Å². The highest BCUT2D eigenvalue weighted by molar-refractivity contribution is 5.77. The van der Waals surface area contributed by atoms with E-state index in [0.717, 1.165) is 25.0 Å². The minimum Gasteiger partial charge on any atom is -0.395 e. The Bertz CT molecular complexity index is 650. The van der Waals surface area contributed by atoms with Crippen LogP contribution in [0.4, 0.5) is 11.5 Å². The molecule has 2 N–H and O–H groups in total. The fourth-order valence-electron chi connectivity index (χ4n) is 2.60. The number of nitrogens with one attached hydrogen (secondary N) is 1. The molecule has 19 heavy (non-hydrogen) atoms. The molecule has 2 aromatic heterocycles. The largest absolute Gasteiger partial charge is 0.395 e. The highest BCUT2D eigenvalue weighted by Gasteiger charge is 2.26. The molecule has 0 saturated heterocycles. The number of aromatic nitrogens is 2. The van der Waals surface area contributed by atoms with E-state index < -0.39 is 4.92 Å². The molecule has 0 saturated carbocycles. The molecule has 7 nitrogen and oxygen atoms in total. The SMILES string of the molecule is O=[N+]([O-])c1c(NCCO)nn2c3c(ccc12)CCC3. The van der Waals surface area contributed by atoms with Gasteiger partial charge in [0.2, 0.25) is 5.82 Å². The molecular formula is C12H14N4O3. The molecule has 0 spiro atoms. The zero-order chi connectivity index (χ0) is 13.4. The lowest BCUT2D eigenvalue weighted by Crippen LogP contribution is -2.07. The van der Waals surface area contributed by atoms with Crippen molar-refractivity contribution in [2.24, 2.45) is 0 Å². The van der Waals surface area contributed by atoms with Gasteiger partial charge in [-0.2, -0.15) is 0 Å². The maximum atomic E-state index is 11.2. The second-order valence-corrected chi connectivity index (χ2v) is 4.56. The quantitative estimate of drug-likeness (QED) is 0.636. The van der Waals surface area contributed by atoms with Gasteiger partial charge in [0.1, 0.15) is 5.52 Å². The van der Waals surface area contributed by atoms with E-state index in [1.165, 1.54) is 5.56 Å². The number of fused-ring (bicyclic) bond motifs is 3. The molecule has 0 aliphatic heterocycles. The van der Waals surface area contributed by atoms with Crippen molar-refractivity contribution in [2.75, 3.05) is 18.5 Å². The van der Waals surface area contributed by atoms with Crippen LogP contribution in [0.15, 0.2) is 12.1 Å². The third-order valence-electron chi connectivity index (χ3n) is 3.41. The van der Waals surface area contributed by atoms with Crippen LogP contribution in [-0.2, 0) is 12.8 Å². The summed E-state index contributed by atoms with van der Waals surface area (Å²) in [5, 5.41) is 27.1. The second-order valence-electron chi connectivity index (χ2n) is 4.56. The molecule has 7 heteroatoms. The van der Waals surface area contributed by atoms with E-state index in [1.807, 2.05) is 6.07 Å². The molecular weight excluding hydrogens is 248 g/mol. The molecule has 1 aliphatic carbocycles. The Morgan fingerprint density at radius 3 is 3.05 bits per heavy atom. The monoisotopic (exact) mass is 262 g/mol. The number of nitro groups is 1. The van der Waals surface area contributed by atoms with E-state index in [2.05, 4.69) is 10.4 Å². The van der Waals surface area contributed by atoms with Gasteiger partial charge >= 0.3 is 5.69 Å². The van der Waals surface area contributed by atoms with Crippen molar-refractivity contribution >= 4 is 17.0 Å². The molecule has 2 aromatic rings. The average molecular weight is 262 g/mol. The van der Waals surface area contributed by atoms with E-state index >= 15 is 0 Å². The molecule has 0 unspecified atom stereocenters. The third kappa shape index (κ3) is 1.82. The average Bonchev–Trinajstić information content (AvgIpc) is 2.98. The van der Waals surface area contributed by atoms with E-state index in [4.69, 9.17) is 5.11 Å². The van der Waals surface area contributed by atoms with Crippen LogP contribution in [-0.4, -0.2) is 32.8 Å². The number of aliphatic hydroxyl groups is 1.